The lowest BCUT2D eigenvalue weighted by Crippen LogP contribution is -2.02. The Morgan fingerprint density at radius 3 is 2.06 bits per heavy atom. The second kappa shape index (κ2) is 5.62. The van der Waals surface area contributed by atoms with Gasteiger partial charge in [0.2, 0.25) is 0 Å². The summed E-state index contributed by atoms with van der Waals surface area (Å²) in [6.07, 6.45) is 0.896. The van der Waals surface area contributed by atoms with Crippen LogP contribution in [0.15, 0.2) is 48.5 Å². The topological polar surface area (TPSA) is 46.2 Å². The van der Waals surface area contributed by atoms with E-state index in [2.05, 4.69) is 24.3 Å². The van der Waals surface area contributed by atoms with Crippen molar-refractivity contribution in [3.63, 3.8) is 0 Å². The van der Waals surface area contributed by atoms with E-state index in [0.29, 0.717) is 6.54 Å². The van der Waals surface area contributed by atoms with Crippen LogP contribution in [-0.2, 0) is 13.0 Å². The molecule has 0 fully saturated rings. The first-order chi connectivity index (χ1) is 8.33. The van der Waals surface area contributed by atoms with Crippen molar-refractivity contribution in [3.05, 3.63) is 59.7 Å². The van der Waals surface area contributed by atoms with Crippen molar-refractivity contribution in [2.75, 3.05) is 6.54 Å². The number of nitrogens with two attached hydrogens (primary N) is 1. The van der Waals surface area contributed by atoms with Crippen molar-refractivity contribution in [1.82, 2.24) is 0 Å². The first-order valence-electron chi connectivity index (χ1n) is 5.82. The zero-order valence-electron chi connectivity index (χ0n) is 9.76. The normalized spacial score (nSPS) is 10.5. The van der Waals surface area contributed by atoms with Crippen LogP contribution >= 0.6 is 0 Å². The minimum Gasteiger partial charge on any atom is -0.392 e. The van der Waals surface area contributed by atoms with Gasteiger partial charge in [-0.25, -0.2) is 0 Å². The van der Waals surface area contributed by atoms with Crippen molar-refractivity contribution in [2.24, 2.45) is 5.73 Å². The third-order valence-electron chi connectivity index (χ3n) is 2.80. The van der Waals surface area contributed by atoms with Crippen molar-refractivity contribution >= 4 is 0 Å². The Labute approximate surface area is 102 Å². The summed E-state index contributed by atoms with van der Waals surface area (Å²) < 4.78 is 0. The van der Waals surface area contributed by atoms with E-state index >= 15 is 0 Å². The lowest BCUT2D eigenvalue weighted by Gasteiger charge is -2.06. The summed E-state index contributed by atoms with van der Waals surface area (Å²) >= 11 is 0. The monoisotopic (exact) mass is 227 g/mol. The van der Waals surface area contributed by atoms with Crippen molar-refractivity contribution in [2.45, 2.75) is 13.0 Å². The number of hydrogen-bond acceptors (Lipinski definition) is 2. The maximum atomic E-state index is 9.13. The lowest BCUT2D eigenvalue weighted by atomic mass is 10.0. The van der Waals surface area contributed by atoms with Crippen LogP contribution in [0.25, 0.3) is 11.1 Å². The Balaban J connectivity index is 2.34. The smallest absolute Gasteiger partial charge is 0.0682 e. The fourth-order valence-corrected chi connectivity index (χ4v) is 1.92. The average molecular weight is 227 g/mol. The average Bonchev–Trinajstić information content (AvgIpc) is 2.40. The number of aliphatic hydroxyl groups excluding tert-OH is 1. The maximum Gasteiger partial charge on any atom is 0.0682 e. The molecule has 0 amide bonds. The summed E-state index contributed by atoms with van der Waals surface area (Å²) in [4.78, 5) is 0. The molecule has 2 heteroatoms. The summed E-state index contributed by atoms with van der Waals surface area (Å²) in [6, 6.07) is 16.3. The maximum absolute atomic E-state index is 9.13. The Hall–Kier alpha value is -1.64. The first kappa shape index (κ1) is 11.8. The van der Waals surface area contributed by atoms with Gasteiger partial charge in [-0.2, -0.15) is 0 Å². The van der Waals surface area contributed by atoms with Crippen LogP contribution in [0, 0.1) is 0 Å². The number of benzene rings is 2. The molecule has 0 radical (unpaired) electrons. The molecule has 0 bridgehead atoms. The van der Waals surface area contributed by atoms with E-state index in [1.165, 1.54) is 11.1 Å². The number of hydrogen-bond donors (Lipinski definition) is 2. The van der Waals surface area contributed by atoms with Gasteiger partial charge in [-0.15, -0.1) is 0 Å². The minimum absolute atomic E-state index is 0.0797. The summed E-state index contributed by atoms with van der Waals surface area (Å²) in [5, 5.41) is 9.13. The largest absolute Gasteiger partial charge is 0.392 e. The second-order valence-corrected chi connectivity index (χ2v) is 4.10. The fourth-order valence-electron chi connectivity index (χ4n) is 1.92. The van der Waals surface area contributed by atoms with Crippen molar-refractivity contribution in [3.8, 4) is 11.1 Å². The molecule has 0 saturated carbocycles. The number of aliphatic hydroxyl groups is 1. The molecule has 0 unspecified atom stereocenters. The van der Waals surface area contributed by atoms with Crippen molar-refractivity contribution in [1.29, 1.82) is 0 Å². The van der Waals surface area contributed by atoms with Crippen LogP contribution in [0.3, 0.4) is 0 Å². The molecule has 17 heavy (non-hydrogen) atoms. The van der Waals surface area contributed by atoms with E-state index in [4.69, 9.17) is 10.8 Å². The molecule has 3 N–H and O–H groups in total. The molecule has 0 aliphatic heterocycles. The number of rotatable bonds is 4. The van der Waals surface area contributed by atoms with Crippen LogP contribution in [0.1, 0.15) is 11.1 Å². The Morgan fingerprint density at radius 2 is 1.47 bits per heavy atom. The van der Waals surface area contributed by atoms with E-state index in [0.717, 1.165) is 17.5 Å². The molecule has 2 aromatic carbocycles. The molecular formula is C15H17NO. The molecule has 0 saturated heterocycles. The molecule has 0 aromatic heterocycles. The Morgan fingerprint density at radius 1 is 0.882 bits per heavy atom. The van der Waals surface area contributed by atoms with Gasteiger partial charge in [0.25, 0.3) is 0 Å². The summed E-state index contributed by atoms with van der Waals surface area (Å²) in [7, 11) is 0. The van der Waals surface area contributed by atoms with Crippen LogP contribution in [0.4, 0.5) is 0 Å². The third-order valence-corrected chi connectivity index (χ3v) is 2.80. The molecule has 0 aliphatic carbocycles. The standard InChI is InChI=1S/C15H17NO/c16-8-7-12-3-1-5-14(9-12)15-6-2-4-13(10-15)11-17/h1-6,9-10,17H,7-8,11,16H2. The van der Waals surface area contributed by atoms with E-state index < -0.39 is 0 Å². The van der Waals surface area contributed by atoms with Gasteiger partial charge in [0.15, 0.2) is 0 Å². The predicted molar refractivity (Wildman–Crippen MR) is 70.6 cm³/mol. The van der Waals surface area contributed by atoms with Gasteiger partial charge in [0.1, 0.15) is 0 Å². The van der Waals surface area contributed by atoms with Gasteiger partial charge in [-0.05, 0) is 41.3 Å². The molecule has 0 spiro atoms. The van der Waals surface area contributed by atoms with E-state index in [1.54, 1.807) is 0 Å². The molecule has 2 nitrogen and oxygen atoms in total. The van der Waals surface area contributed by atoms with Gasteiger partial charge in [-0.3, -0.25) is 0 Å². The van der Waals surface area contributed by atoms with E-state index in [1.807, 2.05) is 24.3 Å². The summed E-state index contributed by atoms with van der Waals surface area (Å²) in [6.45, 7) is 0.746. The Kier molecular flexibility index (Phi) is 3.91. The zero-order chi connectivity index (χ0) is 12.1. The highest BCUT2D eigenvalue weighted by Crippen LogP contribution is 2.21. The molecule has 2 aromatic rings. The molecule has 0 aliphatic rings. The van der Waals surface area contributed by atoms with Crippen LogP contribution < -0.4 is 5.73 Å². The molecule has 88 valence electrons. The van der Waals surface area contributed by atoms with Gasteiger partial charge < -0.3 is 10.8 Å². The fraction of sp³-hybridized carbons (Fsp3) is 0.200. The Bertz CT molecular complexity index is 494. The molecule has 2 rings (SSSR count). The first-order valence-corrected chi connectivity index (χ1v) is 5.82. The lowest BCUT2D eigenvalue weighted by molar-refractivity contribution is 0.282. The van der Waals surface area contributed by atoms with Gasteiger partial charge in [-0.1, -0.05) is 42.5 Å². The predicted octanol–water partition coefficient (Wildman–Crippen LogP) is 2.35. The van der Waals surface area contributed by atoms with Gasteiger partial charge in [0, 0.05) is 0 Å². The second-order valence-electron chi connectivity index (χ2n) is 4.10. The summed E-state index contributed by atoms with van der Waals surface area (Å²) in [5.41, 5.74) is 10.1. The van der Waals surface area contributed by atoms with Gasteiger partial charge in [0.05, 0.1) is 6.61 Å². The highest BCUT2D eigenvalue weighted by Gasteiger charge is 2.00. The van der Waals surface area contributed by atoms with E-state index in [-0.39, 0.29) is 6.61 Å². The van der Waals surface area contributed by atoms with Crippen molar-refractivity contribution < 1.29 is 5.11 Å². The zero-order valence-corrected chi connectivity index (χ0v) is 9.76. The van der Waals surface area contributed by atoms with Crippen LogP contribution in [0.2, 0.25) is 0 Å². The molecule has 0 atom stereocenters. The SMILES string of the molecule is NCCc1cccc(-c2cccc(CO)c2)c1. The quantitative estimate of drug-likeness (QED) is 0.842. The highest BCUT2D eigenvalue weighted by molar-refractivity contribution is 5.64. The highest BCUT2D eigenvalue weighted by atomic mass is 16.3. The summed E-state index contributed by atoms with van der Waals surface area (Å²) in [5.74, 6) is 0. The van der Waals surface area contributed by atoms with E-state index in [9.17, 15) is 0 Å². The molecular weight excluding hydrogens is 210 g/mol. The van der Waals surface area contributed by atoms with Crippen LogP contribution in [0.5, 0.6) is 0 Å². The third kappa shape index (κ3) is 2.93. The molecule has 0 heterocycles. The minimum atomic E-state index is 0.0797. The van der Waals surface area contributed by atoms with Crippen LogP contribution in [-0.4, -0.2) is 11.7 Å². The van der Waals surface area contributed by atoms with Gasteiger partial charge >= 0.3 is 0 Å².